The van der Waals surface area contributed by atoms with Crippen molar-refractivity contribution in [2.24, 2.45) is 4.99 Å². The number of benzene rings is 2. The number of hydrogen-bond acceptors (Lipinski definition) is 4. The average Bonchev–Trinajstić information content (AvgIpc) is 2.57. The number of nitrogens with one attached hydrogen (secondary N) is 1. The van der Waals surface area contributed by atoms with Gasteiger partial charge >= 0.3 is 5.69 Å². The fourth-order valence-corrected chi connectivity index (χ4v) is 2.40. The molecule has 0 saturated carbocycles. The summed E-state index contributed by atoms with van der Waals surface area (Å²) in [6, 6.07) is 15.6. The summed E-state index contributed by atoms with van der Waals surface area (Å²) in [5.41, 5.74) is -0.472. The van der Waals surface area contributed by atoms with E-state index in [9.17, 15) is 14.7 Å². The zero-order chi connectivity index (χ0) is 17.1. The zero-order valence-electron chi connectivity index (χ0n) is 12.3. The van der Waals surface area contributed by atoms with E-state index in [1.54, 1.807) is 42.5 Å². The minimum absolute atomic E-state index is 0.0960. The van der Waals surface area contributed by atoms with Gasteiger partial charge in [-0.25, -0.2) is 9.36 Å². The zero-order valence-corrected chi connectivity index (χ0v) is 13.9. The molecule has 0 atom stereocenters. The number of para-hydroxylation sites is 1. The van der Waals surface area contributed by atoms with Crippen molar-refractivity contribution < 1.29 is 5.11 Å². The Morgan fingerprint density at radius 1 is 1.04 bits per heavy atom. The molecule has 120 valence electrons. The molecule has 7 heteroatoms. The minimum atomic E-state index is -0.718. The lowest BCUT2D eigenvalue weighted by Crippen LogP contribution is -2.31. The van der Waals surface area contributed by atoms with Gasteiger partial charge in [0.1, 0.15) is 5.56 Å². The van der Waals surface area contributed by atoms with Crippen molar-refractivity contribution in [3.05, 3.63) is 85.5 Å². The van der Waals surface area contributed by atoms with Crippen molar-refractivity contribution >= 4 is 27.8 Å². The largest absolute Gasteiger partial charge is 0.493 e. The number of nitrogens with zero attached hydrogens (tertiary/aromatic N) is 2. The maximum Gasteiger partial charge on any atom is 0.335 e. The molecule has 3 aromatic rings. The number of aromatic nitrogens is 2. The lowest BCUT2D eigenvalue weighted by atomic mass is 10.3. The molecule has 1 heterocycles. The molecule has 0 saturated heterocycles. The van der Waals surface area contributed by atoms with Gasteiger partial charge in [-0.2, -0.15) is 0 Å². The molecule has 6 nitrogen and oxygen atoms in total. The molecule has 0 fully saturated rings. The molecule has 0 unspecified atom stereocenters. The van der Waals surface area contributed by atoms with Gasteiger partial charge in [0.2, 0.25) is 5.88 Å². The molecule has 0 aliphatic rings. The molecule has 0 amide bonds. The van der Waals surface area contributed by atoms with E-state index in [4.69, 9.17) is 0 Å². The summed E-state index contributed by atoms with van der Waals surface area (Å²) in [6.07, 6.45) is 1.23. The number of aromatic hydroxyl groups is 1. The van der Waals surface area contributed by atoms with Crippen molar-refractivity contribution in [1.29, 1.82) is 0 Å². The molecule has 0 bridgehead atoms. The van der Waals surface area contributed by atoms with Crippen LogP contribution in [0.2, 0.25) is 0 Å². The Morgan fingerprint density at radius 2 is 1.71 bits per heavy atom. The van der Waals surface area contributed by atoms with E-state index < -0.39 is 17.1 Å². The molecule has 0 spiro atoms. The Kier molecular flexibility index (Phi) is 4.43. The normalized spacial score (nSPS) is 11.0. The van der Waals surface area contributed by atoms with Gasteiger partial charge in [-0.15, -0.1) is 0 Å². The molecule has 0 radical (unpaired) electrons. The first-order valence-electron chi connectivity index (χ1n) is 6.99. The first kappa shape index (κ1) is 15.9. The standard InChI is InChI=1S/C17H12BrN3O3/c18-11-6-8-12(9-7-11)19-10-14-15(22)20-17(24)21(16(14)23)13-4-2-1-3-5-13/h1-10,23H,(H,20,22,24). The molecule has 2 N–H and O–H groups in total. The van der Waals surface area contributed by atoms with Crippen LogP contribution in [-0.4, -0.2) is 20.9 Å². The van der Waals surface area contributed by atoms with Crippen LogP contribution < -0.4 is 11.2 Å². The lowest BCUT2D eigenvalue weighted by Gasteiger charge is -2.09. The van der Waals surface area contributed by atoms with Crippen LogP contribution in [0, 0.1) is 0 Å². The van der Waals surface area contributed by atoms with Crippen LogP contribution >= 0.6 is 15.9 Å². The van der Waals surface area contributed by atoms with Gasteiger partial charge in [0.05, 0.1) is 11.4 Å². The van der Waals surface area contributed by atoms with Gasteiger partial charge in [0.15, 0.2) is 0 Å². The molecule has 0 aliphatic heterocycles. The first-order valence-corrected chi connectivity index (χ1v) is 7.79. The van der Waals surface area contributed by atoms with Crippen molar-refractivity contribution in [1.82, 2.24) is 9.55 Å². The van der Waals surface area contributed by atoms with Gasteiger partial charge in [-0.3, -0.25) is 14.8 Å². The predicted molar refractivity (Wildman–Crippen MR) is 95.7 cm³/mol. The smallest absolute Gasteiger partial charge is 0.335 e. The fraction of sp³-hybridized carbons (Fsp3) is 0. The molecular formula is C17H12BrN3O3. The van der Waals surface area contributed by atoms with E-state index in [1.165, 1.54) is 6.21 Å². The van der Waals surface area contributed by atoms with Gasteiger partial charge in [0, 0.05) is 10.7 Å². The van der Waals surface area contributed by atoms with E-state index in [-0.39, 0.29) is 5.56 Å². The van der Waals surface area contributed by atoms with Crippen LogP contribution in [-0.2, 0) is 0 Å². The van der Waals surface area contributed by atoms with Gasteiger partial charge < -0.3 is 5.11 Å². The summed E-state index contributed by atoms with van der Waals surface area (Å²) in [6.45, 7) is 0. The second kappa shape index (κ2) is 6.67. The number of rotatable bonds is 3. The number of hydrogen-bond donors (Lipinski definition) is 2. The van der Waals surface area contributed by atoms with E-state index >= 15 is 0 Å². The Balaban J connectivity index is 2.10. The molecule has 1 aromatic heterocycles. The van der Waals surface area contributed by atoms with Crippen LogP contribution in [0.25, 0.3) is 5.69 Å². The summed E-state index contributed by atoms with van der Waals surface area (Å²) >= 11 is 3.32. The van der Waals surface area contributed by atoms with Crippen LogP contribution in [0.1, 0.15) is 5.56 Å². The summed E-state index contributed by atoms with van der Waals surface area (Å²) in [5, 5.41) is 10.4. The van der Waals surface area contributed by atoms with Crippen LogP contribution in [0.15, 0.2) is 73.7 Å². The predicted octanol–water partition coefficient (Wildman–Crippen LogP) is 2.74. The topological polar surface area (TPSA) is 87.5 Å². The van der Waals surface area contributed by atoms with Crippen molar-refractivity contribution in [3.63, 3.8) is 0 Å². The first-order chi connectivity index (χ1) is 11.6. The molecular weight excluding hydrogens is 374 g/mol. The highest BCUT2D eigenvalue weighted by molar-refractivity contribution is 9.10. The third-order valence-electron chi connectivity index (χ3n) is 3.30. The third kappa shape index (κ3) is 3.21. The highest BCUT2D eigenvalue weighted by Gasteiger charge is 2.13. The molecule has 2 aromatic carbocycles. The second-order valence-electron chi connectivity index (χ2n) is 4.90. The van der Waals surface area contributed by atoms with Crippen LogP contribution in [0.4, 0.5) is 5.69 Å². The average molecular weight is 386 g/mol. The third-order valence-corrected chi connectivity index (χ3v) is 3.83. The summed E-state index contributed by atoms with van der Waals surface area (Å²) in [7, 11) is 0. The quantitative estimate of drug-likeness (QED) is 0.679. The highest BCUT2D eigenvalue weighted by atomic mass is 79.9. The number of halogens is 1. The number of aliphatic imine (C=N–C) groups is 1. The molecule has 0 aliphatic carbocycles. The summed E-state index contributed by atoms with van der Waals surface area (Å²) in [4.78, 5) is 30.4. The highest BCUT2D eigenvalue weighted by Crippen LogP contribution is 2.18. The maximum atomic E-state index is 12.0. The van der Waals surface area contributed by atoms with E-state index in [2.05, 4.69) is 25.9 Å². The fourth-order valence-electron chi connectivity index (χ4n) is 2.14. The lowest BCUT2D eigenvalue weighted by molar-refractivity contribution is 0.430. The Bertz CT molecular complexity index is 1010. The van der Waals surface area contributed by atoms with E-state index in [0.717, 1.165) is 9.04 Å². The second-order valence-corrected chi connectivity index (χ2v) is 5.82. The van der Waals surface area contributed by atoms with Gasteiger partial charge in [-0.05, 0) is 36.4 Å². The molecule has 24 heavy (non-hydrogen) atoms. The van der Waals surface area contributed by atoms with Crippen LogP contribution in [0.5, 0.6) is 5.88 Å². The Hall–Kier alpha value is -2.93. The van der Waals surface area contributed by atoms with E-state index in [0.29, 0.717) is 11.4 Å². The van der Waals surface area contributed by atoms with Gasteiger partial charge in [-0.1, -0.05) is 34.1 Å². The van der Waals surface area contributed by atoms with E-state index in [1.807, 2.05) is 12.1 Å². The minimum Gasteiger partial charge on any atom is -0.493 e. The Morgan fingerprint density at radius 3 is 2.38 bits per heavy atom. The SMILES string of the molecule is O=c1[nH]c(=O)n(-c2ccccc2)c(O)c1C=Nc1ccc(Br)cc1. The Labute approximate surface area is 144 Å². The summed E-state index contributed by atoms with van der Waals surface area (Å²) in [5.74, 6) is -0.462. The van der Waals surface area contributed by atoms with Crippen molar-refractivity contribution in [2.75, 3.05) is 0 Å². The number of H-pyrrole nitrogens is 1. The monoisotopic (exact) mass is 385 g/mol. The van der Waals surface area contributed by atoms with Gasteiger partial charge in [0.25, 0.3) is 5.56 Å². The summed E-state index contributed by atoms with van der Waals surface area (Å²) < 4.78 is 1.92. The van der Waals surface area contributed by atoms with Crippen molar-refractivity contribution in [3.8, 4) is 11.6 Å². The molecule has 3 rings (SSSR count). The number of aromatic amines is 1. The van der Waals surface area contributed by atoms with Crippen LogP contribution in [0.3, 0.4) is 0 Å². The maximum absolute atomic E-state index is 12.0. The van der Waals surface area contributed by atoms with Crippen molar-refractivity contribution in [2.45, 2.75) is 0 Å².